The number of nitrogens with zero attached hydrogens (tertiary/aromatic N) is 3. The van der Waals surface area contributed by atoms with Crippen LogP contribution in [0.5, 0.6) is 5.75 Å². The average Bonchev–Trinajstić information content (AvgIpc) is 3.21. The zero-order chi connectivity index (χ0) is 22.7. The molecule has 0 saturated carbocycles. The van der Waals surface area contributed by atoms with Gasteiger partial charge in [0.15, 0.2) is 0 Å². The molecule has 1 saturated heterocycles. The van der Waals surface area contributed by atoms with Crippen molar-refractivity contribution in [2.75, 3.05) is 23.9 Å². The Hall–Kier alpha value is -3.52. The number of urea groups is 1. The lowest BCUT2D eigenvalue weighted by Gasteiger charge is -2.38. The van der Waals surface area contributed by atoms with Gasteiger partial charge in [-0.3, -0.25) is 9.48 Å². The van der Waals surface area contributed by atoms with Crippen molar-refractivity contribution in [3.8, 4) is 5.75 Å². The molecule has 2 N–H and O–H groups in total. The largest absolute Gasteiger partial charge is 0.497 e. The second-order valence-electron chi connectivity index (χ2n) is 7.67. The first-order valence-electron chi connectivity index (χ1n) is 10.2. The predicted molar refractivity (Wildman–Crippen MR) is 123 cm³/mol. The van der Waals surface area contributed by atoms with Gasteiger partial charge in [-0.15, -0.1) is 0 Å². The van der Waals surface area contributed by atoms with Crippen LogP contribution < -0.4 is 20.3 Å². The molecule has 2 heterocycles. The number of hydrogen-bond donors (Lipinski definition) is 2. The molecule has 2 aromatic carbocycles. The van der Waals surface area contributed by atoms with Gasteiger partial charge >= 0.3 is 6.03 Å². The summed E-state index contributed by atoms with van der Waals surface area (Å²) in [5.41, 5.74) is 2.36. The number of nitrogens with one attached hydrogen (secondary N) is 2. The molecule has 3 amide bonds. The first-order chi connectivity index (χ1) is 15.4. The Kier molecular flexibility index (Phi) is 6.32. The monoisotopic (exact) mass is 453 g/mol. The van der Waals surface area contributed by atoms with Gasteiger partial charge in [0.25, 0.3) is 0 Å². The number of ether oxygens (including phenoxy) is 1. The maximum atomic E-state index is 13.0. The van der Waals surface area contributed by atoms with Crippen LogP contribution in [0.2, 0.25) is 5.02 Å². The molecular weight excluding hydrogens is 430 g/mol. The van der Waals surface area contributed by atoms with Crippen molar-refractivity contribution < 1.29 is 14.3 Å². The Morgan fingerprint density at radius 3 is 2.50 bits per heavy atom. The smallest absolute Gasteiger partial charge is 0.319 e. The minimum absolute atomic E-state index is 0.0699. The van der Waals surface area contributed by atoms with Crippen LogP contribution in [0.4, 0.5) is 16.2 Å². The van der Waals surface area contributed by atoms with Crippen LogP contribution in [0.15, 0.2) is 60.9 Å². The number of methoxy groups -OCH3 is 1. The highest BCUT2D eigenvalue weighted by molar-refractivity contribution is 6.30. The van der Waals surface area contributed by atoms with Crippen molar-refractivity contribution in [1.29, 1.82) is 0 Å². The third kappa shape index (κ3) is 4.86. The van der Waals surface area contributed by atoms with Gasteiger partial charge in [0, 0.05) is 48.9 Å². The zero-order valence-corrected chi connectivity index (χ0v) is 18.5. The fourth-order valence-electron chi connectivity index (χ4n) is 3.87. The molecule has 4 rings (SSSR count). The highest BCUT2D eigenvalue weighted by Gasteiger charge is 2.37. The zero-order valence-electron chi connectivity index (χ0n) is 17.8. The topological polar surface area (TPSA) is 88.5 Å². The summed E-state index contributed by atoms with van der Waals surface area (Å²) in [4.78, 5) is 27.4. The van der Waals surface area contributed by atoms with E-state index in [9.17, 15) is 9.59 Å². The molecule has 32 heavy (non-hydrogen) atoms. The van der Waals surface area contributed by atoms with Gasteiger partial charge in [-0.1, -0.05) is 23.7 Å². The quantitative estimate of drug-likeness (QED) is 0.615. The van der Waals surface area contributed by atoms with E-state index in [1.54, 1.807) is 47.2 Å². The minimum Gasteiger partial charge on any atom is -0.497 e. The standard InChI is InChI=1S/C23H24ClN5O3/c1-28-13-18(12-25-28)29-14-20(15-3-9-19(32-2)10-4-15)21(11-22(29)30)27-23(31)26-17-7-5-16(24)6-8-17/h3-10,12-13,20-21H,11,14H2,1-2H3,(H2,26,27,31). The van der Waals surface area contributed by atoms with Crippen molar-refractivity contribution in [2.24, 2.45) is 7.05 Å². The molecule has 0 radical (unpaired) electrons. The van der Waals surface area contributed by atoms with Crippen LogP contribution in [0.1, 0.15) is 17.9 Å². The Bertz CT molecular complexity index is 1100. The predicted octanol–water partition coefficient (Wildman–Crippen LogP) is 3.79. The number of carbonyl (C=O) groups is 2. The number of aryl methyl sites for hydroxylation is 1. The van der Waals surface area contributed by atoms with Gasteiger partial charge in [0.1, 0.15) is 5.75 Å². The van der Waals surface area contributed by atoms with Crippen LogP contribution in [-0.2, 0) is 11.8 Å². The van der Waals surface area contributed by atoms with E-state index in [2.05, 4.69) is 15.7 Å². The van der Waals surface area contributed by atoms with E-state index in [0.29, 0.717) is 17.3 Å². The highest BCUT2D eigenvalue weighted by atomic mass is 35.5. The maximum Gasteiger partial charge on any atom is 0.319 e. The van der Waals surface area contributed by atoms with E-state index < -0.39 is 0 Å². The van der Waals surface area contributed by atoms with E-state index in [1.165, 1.54) is 0 Å². The van der Waals surface area contributed by atoms with Crippen molar-refractivity contribution >= 4 is 34.9 Å². The van der Waals surface area contributed by atoms with Crippen LogP contribution in [-0.4, -0.2) is 41.4 Å². The molecule has 9 heteroatoms. The lowest BCUT2D eigenvalue weighted by molar-refractivity contribution is -0.120. The van der Waals surface area contributed by atoms with E-state index >= 15 is 0 Å². The second-order valence-corrected chi connectivity index (χ2v) is 8.11. The molecule has 166 valence electrons. The normalized spacial score (nSPS) is 18.3. The van der Waals surface area contributed by atoms with Crippen molar-refractivity contribution in [1.82, 2.24) is 15.1 Å². The Balaban J connectivity index is 1.56. The van der Waals surface area contributed by atoms with E-state index in [-0.39, 0.29) is 30.3 Å². The summed E-state index contributed by atoms with van der Waals surface area (Å²) in [5.74, 6) is 0.559. The molecule has 2 atom stereocenters. The summed E-state index contributed by atoms with van der Waals surface area (Å²) in [6, 6.07) is 13.8. The molecule has 1 aromatic heterocycles. The number of aromatic nitrogens is 2. The summed E-state index contributed by atoms with van der Waals surface area (Å²) < 4.78 is 6.93. The minimum atomic E-state index is -0.379. The van der Waals surface area contributed by atoms with Crippen LogP contribution in [0.3, 0.4) is 0 Å². The molecule has 1 aliphatic rings. The van der Waals surface area contributed by atoms with Crippen molar-refractivity contribution in [2.45, 2.75) is 18.4 Å². The van der Waals surface area contributed by atoms with Gasteiger partial charge in [0.2, 0.25) is 5.91 Å². The maximum absolute atomic E-state index is 13.0. The number of rotatable bonds is 5. The Labute approximate surface area is 191 Å². The molecule has 1 aliphatic heterocycles. The molecule has 3 aromatic rings. The number of hydrogen-bond acceptors (Lipinski definition) is 4. The lowest BCUT2D eigenvalue weighted by Crippen LogP contribution is -2.53. The van der Waals surface area contributed by atoms with Crippen molar-refractivity contribution in [3.63, 3.8) is 0 Å². The van der Waals surface area contributed by atoms with Gasteiger partial charge in [-0.05, 0) is 42.0 Å². The van der Waals surface area contributed by atoms with E-state index in [4.69, 9.17) is 16.3 Å². The lowest BCUT2D eigenvalue weighted by atomic mass is 9.85. The second kappa shape index (κ2) is 9.32. The average molecular weight is 454 g/mol. The number of anilines is 2. The number of benzene rings is 2. The van der Waals surface area contributed by atoms with Gasteiger partial charge in [-0.2, -0.15) is 5.10 Å². The first kappa shape index (κ1) is 21.7. The summed E-state index contributed by atoms with van der Waals surface area (Å²) in [7, 11) is 3.42. The molecule has 8 nitrogen and oxygen atoms in total. The number of amides is 3. The Morgan fingerprint density at radius 2 is 1.88 bits per heavy atom. The van der Waals surface area contributed by atoms with Crippen LogP contribution in [0, 0.1) is 0 Å². The van der Waals surface area contributed by atoms with Gasteiger partial charge in [0.05, 0.1) is 19.0 Å². The van der Waals surface area contributed by atoms with E-state index in [0.717, 1.165) is 17.0 Å². The molecule has 2 unspecified atom stereocenters. The highest BCUT2D eigenvalue weighted by Crippen LogP contribution is 2.32. The van der Waals surface area contributed by atoms with Gasteiger partial charge in [-0.25, -0.2) is 4.79 Å². The van der Waals surface area contributed by atoms with Crippen LogP contribution in [0.25, 0.3) is 0 Å². The number of halogens is 1. The van der Waals surface area contributed by atoms with Gasteiger partial charge < -0.3 is 20.3 Å². The van der Waals surface area contributed by atoms with Crippen molar-refractivity contribution in [3.05, 3.63) is 71.5 Å². The summed E-state index contributed by atoms with van der Waals surface area (Å²) in [6.45, 7) is 0.419. The number of piperidine rings is 1. The SMILES string of the molecule is COc1ccc(C2CN(c3cnn(C)c3)C(=O)CC2NC(=O)Nc2ccc(Cl)cc2)cc1. The summed E-state index contributed by atoms with van der Waals surface area (Å²) in [6.07, 6.45) is 3.65. The fraction of sp³-hybridized carbons (Fsp3) is 0.261. The Morgan fingerprint density at radius 1 is 1.16 bits per heavy atom. The van der Waals surface area contributed by atoms with Crippen LogP contribution >= 0.6 is 11.6 Å². The van der Waals surface area contributed by atoms with E-state index in [1.807, 2.05) is 37.5 Å². The third-order valence-electron chi connectivity index (χ3n) is 5.53. The molecule has 0 bridgehead atoms. The summed E-state index contributed by atoms with van der Waals surface area (Å²) in [5, 5.41) is 10.6. The molecule has 0 spiro atoms. The molecular formula is C23H24ClN5O3. The number of carbonyl (C=O) groups excluding carboxylic acids is 2. The summed E-state index contributed by atoms with van der Waals surface area (Å²) >= 11 is 5.91. The molecule has 1 fully saturated rings. The fourth-order valence-corrected chi connectivity index (χ4v) is 4.00. The molecule has 0 aliphatic carbocycles. The first-order valence-corrected chi connectivity index (χ1v) is 10.6. The third-order valence-corrected chi connectivity index (χ3v) is 5.78.